The largest absolute Gasteiger partial charge is 0.493 e. The molecule has 0 saturated heterocycles. The van der Waals surface area contributed by atoms with Crippen LogP contribution in [0, 0.1) is 5.41 Å². The average molecular weight is 439 g/mol. The summed E-state index contributed by atoms with van der Waals surface area (Å²) in [5.41, 5.74) is 1.96. The third kappa shape index (κ3) is 3.99. The number of carbonyl (C=O) groups excluding carboxylic acids is 1. The molecule has 2 aliphatic rings. The van der Waals surface area contributed by atoms with Gasteiger partial charge in [-0.05, 0) is 35.6 Å². The second-order valence-corrected chi connectivity index (χ2v) is 7.80. The van der Waals surface area contributed by atoms with Gasteiger partial charge in [0.2, 0.25) is 5.17 Å². The highest BCUT2D eigenvalue weighted by atomic mass is 32.2. The molecule has 0 fully saturated rings. The number of aliphatic imine (C=N–C) groups is 1. The van der Waals surface area contributed by atoms with Gasteiger partial charge in [-0.1, -0.05) is 48.2 Å². The molecule has 0 aromatic heterocycles. The molecule has 1 N–H and O–H groups in total. The summed E-state index contributed by atoms with van der Waals surface area (Å²) in [4.78, 5) is 18.1. The zero-order chi connectivity index (χ0) is 21.1. The average Bonchev–Trinajstić information content (AvgIpc) is 3.19. The standard InChI is InChI=1S/C21H18N4O3S2/c1-27-17-11-14(8-9-16(17)28-12-13-6-4-3-5-7-13)10-15-18(22)25-20(23-19(15)26)30-24-21(25)29-2/h3-11,22H,12H2,1-2H3/b15-10-,22-18?. The maximum Gasteiger partial charge on any atom is 0.283 e. The Morgan fingerprint density at radius 2 is 2.00 bits per heavy atom. The van der Waals surface area contributed by atoms with Gasteiger partial charge >= 0.3 is 0 Å². The van der Waals surface area contributed by atoms with Gasteiger partial charge in [-0.15, -0.1) is 0 Å². The van der Waals surface area contributed by atoms with Gasteiger partial charge in [0, 0.05) is 0 Å². The first-order chi connectivity index (χ1) is 14.6. The Hall–Kier alpha value is -3.04. The number of carbonyl (C=O) groups is 1. The molecule has 2 aromatic carbocycles. The maximum absolute atomic E-state index is 12.5. The highest BCUT2D eigenvalue weighted by molar-refractivity contribution is 8.18. The molecule has 0 atom stereocenters. The summed E-state index contributed by atoms with van der Waals surface area (Å²) in [6.07, 6.45) is 3.50. The fraction of sp³-hybridized carbons (Fsp3) is 0.143. The van der Waals surface area contributed by atoms with E-state index in [9.17, 15) is 4.79 Å². The number of hydrogen-bond donors (Lipinski definition) is 1. The minimum Gasteiger partial charge on any atom is -0.493 e. The molecule has 152 valence electrons. The van der Waals surface area contributed by atoms with Crippen LogP contribution in [0.4, 0.5) is 0 Å². The first kappa shape index (κ1) is 20.2. The molecule has 2 aliphatic heterocycles. The summed E-state index contributed by atoms with van der Waals surface area (Å²) >= 11 is 2.51. The fourth-order valence-corrected chi connectivity index (χ4v) is 4.38. The molecule has 7 nitrogen and oxygen atoms in total. The van der Waals surface area contributed by atoms with Crippen molar-refractivity contribution in [1.82, 2.24) is 4.90 Å². The van der Waals surface area contributed by atoms with Crippen LogP contribution < -0.4 is 9.47 Å². The van der Waals surface area contributed by atoms with Crippen molar-refractivity contribution in [3.8, 4) is 11.5 Å². The molecule has 30 heavy (non-hydrogen) atoms. The number of fused-ring (bicyclic) bond motifs is 1. The molecule has 9 heteroatoms. The lowest BCUT2D eigenvalue weighted by Gasteiger charge is -2.23. The maximum atomic E-state index is 12.5. The van der Waals surface area contributed by atoms with Crippen molar-refractivity contribution in [3.63, 3.8) is 0 Å². The molecule has 0 spiro atoms. The fourth-order valence-electron chi connectivity index (χ4n) is 2.93. The van der Waals surface area contributed by atoms with Gasteiger partial charge in [0.15, 0.2) is 16.7 Å². The predicted octanol–water partition coefficient (Wildman–Crippen LogP) is 4.21. The normalized spacial score (nSPS) is 17.0. The Bertz CT molecular complexity index is 1100. The zero-order valence-electron chi connectivity index (χ0n) is 16.3. The van der Waals surface area contributed by atoms with Crippen molar-refractivity contribution in [2.45, 2.75) is 6.61 Å². The van der Waals surface area contributed by atoms with Gasteiger partial charge < -0.3 is 9.47 Å². The van der Waals surface area contributed by atoms with Gasteiger partial charge in [0.05, 0.1) is 24.6 Å². The monoisotopic (exact) mass is 438 g/mol. The smallest absolute Gasteiger partial charge is 0.283 e. The van der Waals surface area contributed by atoms with E-state index in [0.29, 0.717) is 34.0 Å². The van der Waals surface area contributed by atoms with Crippen LogP contribution in [0.5, 0.6) is 11.5 Å². The van der Waals surface area contributed by atoms with E-state index in [1.165, 1.54) is 11.8 Å². The van der Waals surface area contributed by atoms with Crippen LogP contribution in [-0.2, 0) is 11.4 Å². The Kier molecular flexibility index (Phi) is 5.91. The molecule has 0 saturated carbocycles. The number of nitrogens with zero attached hydrogens (tertiary/aromatic N) is 3. The lowest BCUT2D eigenvalue weighted by Crippen LogP contribution is -2.41. The molecular formula is C21H18N4O3S2. The van der Waals surface area contributed by atoms with Gasteiger partial charge in [0.25, 0.3) is 5.91 Å². The van der Waals surface area contributed by atoms with E-state index in [1.54, 1.807) is 30.2 Å². The minimum absolute atomic E-state index is 0.0615. The highest BCUT2D eigenvalue weighted by Crippen LogP contribution is 2.33. The number of amides is 1. The van der Waals surface area contributed by atoms with E-state index in [1.807, 2.05) is 42.7 Å². The third-order valence-electron chi connectivity index (χ3n) is 4.41. The number of amidine groups is 3. The van der Waals surface area contributed by atoms with Gasteiger partial charge in [-0.2, -0.15) is 9.39 Å². The summed E-state index contributed by atoms with van der Waals surface area (Å²) in [5.74, 6) is 0.745. The van der Waals surface area contributed by atoms with Crippen LogP contribution in [-0.4, -0.2) is 40.3 Å². The Morgan fingerprint density at radius 3 is 2.73 bits per heavy atom. The Labute approximate surface area is 182 Å². The number of hydrogen-bond acceptors (Lipinski definition) is 7. The van der Waals surface area contributed by atoms with Crippen LogP contribution >= 0.6 is 23.7 Å². The van der Waals surface area contributed by atoms with Crippen LogP contribution in [0.15, 0.2) is 63.5 Å². The number of nitrogens with one attached hydrogen (secondary N) is 1. The van der Waals surface area contributed by atoms with Crippen molar-refractivity contribution >= 4 is 51.9 Å². The summed E-state index contributed by atoms with van der Waals surface area (Å²) in [7, 11) is 1.56. The second kappa shape index (κ2) is 8.76. The lowest BCUT2D eigenvalue weighted by atomic mass is 10.1. The minimum atomic E-state index is -0.459. The molecule has 0 aliphatic carbocycles. The van der Waals surface area contributed by atoms with Gasteiger partial charge in [-0.3, -0.25) is 10.2 Å². The van der Waals surface area contributed by atoms with E-state index in [0.717, 1.165) is 17.5 Å². The van der Waals surface area contributed by atoms with E-state index in [4.69, 9.17) is 14.9 Å². The predicted molar refractivity (Wildman–Crippen MR) is 122 cm³/mol. The van der Waals surface area contributed by atoms with E-state index in [-0.39, 0.29) is 11.4 Å². The molecule has 1 amide bonds. The van der Waals surface area contributed by atoms with Crippen LogP contribution in [0.25, 0.3) is 6.08 Å². The molecule has 0 bridgehead atoms. The first-order valence-corrected chi connectivity index (χ1v) is 11.0. The molecule has 4 rings (SSSR count). The van der Waals surface area contributed by atoms with Crippen molar-refractivity contribution in [1.29, 1.82) is 5.41 Å². The quantitative estimate of drug-likeness (QED) is 0.556. The number of ether oxygens (including phenoxy) is 2. The van der Waals surface area contributed by atoms with Gasteiger partial charge in [-0.25, -0.2) is 4.90 Å². The molecule has 2 aromatic rings. The first-order valence-electron chi connectivity index (χ1n) is 8.98. The van der Waals surface area contributed by atoms with Gasteiger partial charge in [0.1, 0.15) is 12.4 Å². The van der Waals surface area contributed by atoms with E-state index in [2.05, 4.69) is 9.39 Å². The number of benzene rings is 2. The van der Waals surface area contributed by atoms with E-state index < -0.39 is 5.91 Å². The summed E-state index contributed by atoms with van der Waals surface area (Å²) < 4.78 is 15.6. The van der Waals surface area contributed by atoms with Crippen molar-refractivity contribution in [2.75, 3.05) is 13.4 Å². The van der Waals surface area contributed by atoms with Crippen LogP contribution in [0.2, 0.25) is 0 Å². The second-order valence-electron chi connectivity index (χ2n) is 6.30. The van der Waals surface area contributed by atoms with Crippen LogP contribution in [0.3, 0.4) is 0 Å². The third-order valence-corrected chi connectivity index (χ3v) is 5.87. The number of thioether (sulfide) groups is 1. The summed E-state index contributed by atoms with van der Waals surface area (Å²) in [5, 5.41) is 9.52. The van der Waals surface area contributed by atoms with Crippen LogP contribution in [0.1, 0.15) is 11.1 Å². The lowest BCUT2D eigenvalue weighted by molar-refractivity contribution is -0.114. The molecule has 2 heterocycles. The molecule has 0 radical (unpaired) electrons. The number of methoxy groups -OCH3 is 1. The SMILES string of the molecule is COc1cc(/C=C2/C(=N)N3C(SC)=NSC3=NC2=O)ccc1OCc1ccccc1. The summed E-state index contributed by atoms with van der Waals surface area (Å²) in [6.45, 7) is 0.418. The number of rotatable bonds is 5. The van der Waals surface area contributed by atoms with Crippen molar-refractivity contribution in [2.24, 2.45) is 9.39 Å². The highest BCUT2D eigenvalue weighted by Gasteiger charge is 2.36. The van der Waals surface area contributed by atoms with Crippen molar-refractivity contribution < 1.29 is 14.3 Å². The zero-order valence-corrected chi connectivity index (χ0v) is 17.9. The van der Waals surface area contributed by atoms with E-state index >= 15 is 0 Å². The molecular weight excluding hydrogens is 420 g/mol. The Balaban J connectivity index is 1.58. The van der Waals surface area contributed by atoms with Crippen molar-refractivity contribution in [3.05, 3.63) is 65.2 Å². The Morgan fingerprint density at radius 1 is 1.20 bits per heavy atom. The summed E-state index contributed by atoms with van der Waals surface area (Å²) in [6, 6.07) is 15.2. The molecule has 0 unspecified atom stereocenters. The topological polar surface area (TPSA) is 87.3 Å².